The minimum atomic E-state index is -0.204. The van der Waals surface area contributed by atoms with Crippen molar-refractivity contribution in [2.45, 2.75) is 45.4 Å². The van der Waals surface area contributed by atoms with Crippen molar-refractivity contribution in [3.05, 3.63) is 5.89 Å². The maximum atomic E-state index is 9.24. The van der Waals surface area contributed by atoms with Crippen molar-refractivity contribution in [1.29, 1.82) is 0 Å². The molecule has 2 heterocycles. The molecule has 1 aromatic heterocycles. The number of hydrogen-bond acceptors (Lipinski definition) is 7. The number of aliphatic hydroxyl groups excluding tert-OH is 1. The van der Waals surface area contributed by atoms with E-state index in [1.54, 1.807) is 0 Å². The summed E-state index contributed by atoms with van der Waals surface area (Å²) in [4.78, 5) is 1.97. The summed E-state index contributed by atoms with van der Waals surface area (Å²) >= 11 is 0. The van der Waals surface area contributed by atoms with Crippen molar-refractivity contribution in [3.63, 3.8) is 0 Å². The highest BCUT2D eigenvalue weighted by Gasteiger charge is 2.28. The Labute approximate surface area is 119 Å². The second-order valence-corrected chi connectivity index (χ2v) is 5.25. The predicted molar refractivity (Wildman–Crippen MR) is 74.6 cm³/mol. The van der Waals surface area contributed by atoms with Crippen LogP contribution >= 0.6 is 0 Å². The zero-order valence-corrected chi connectivity index (χ0v) is 12.4. The first-order valence-corrected chi connectivity index (χ1v) is 7.22. The highest BCUT2D eigenvalue weighted by Crippen LogP contribution is 2.21. The van der Waals surface area contributed by atoms with Gasteiger partial charge in [-0.25, -0.2) is 0 Å². The molecule has 0 radical (unpaired) electrons. The third-order valence-electron chi connectivity index (χ3n) is 3.30. The molecule has 3 unspecified atom stereocenters. The number of nitrogens with zero attached hydrogens (tertiary/aromatic N) is 3. The number of anilines is 1. The topological polar surface area (TPSA) is 83.7 Å². The van der Waals surface area contributed by atoms with E-state index in [4.69, 9.17) is 9.15 Å². The van der Waals surface area contributed by atoms with E-state index in [-0.39, 0.29) is 24.9 Å². The van der Waals surface area contributed by atoms with Gasteiger partial charge >= 0.3 is 6.01 Å². The molecule has 0 aliphatic carbocycles. The molecule has 1 fully saturated rings. The summed E-state index contributed by atoms with van der Waals surface area (Å²) in [7, 11) is 0. The fourth-order valence-corrected chi connectivity index (χ4v) is 2.28. The van der Waals surface area contributed by atoms with E-state index in [0.717, 1.165) is 13.0 Å². The number of nitrogens with one attached hydrogen (secondary N) is 1. The Morgan fingerprint density at radius 1 is 1.45 bits per heavy atom. The first-order chi connectivity index (χ1) is 9.63. The van der Waals surface area contributed by atoms with Crippen LogP contribution in [-0.2, 0) is 4.74 Å². The first kappa shape index (κ1) is 15.2. The molecule has 3 atom stereocenters. The smallest absolute Gasteiger partial charge is 0.318 e. The molecule has 2 rings (SSSR count). The van der Waals surface area contributed by atoms with Gasteiger partial charge in [-0.2, -0.15) is 0 Å². The van der Waals surface area contributed by atoms with Gasteiger partial charge in [-0.05, 0) is 26.8 Å². The lowest BCUT2D eigenvalue weighted by atomic mass is 10.2. The van der Waals surface area contributed by atoms with Gasteiger partial charge in [0, 0.05) is 6.54 Å². The standard InChI is InChI=1S/C13H24N4O3/c1-4-5-14-10(3)12-15-16-13(20-12)17-6-9(2)19-11(7-17)8-18/h9-11,14,18H,4-8H2,1-3H3. The van der Waals surface area contributed by atoms with Crippen LogP contribution in [0.4, 0.5) is 6.01 Å². The molecule has 7 heteroatoms. The van der Waals surface area contributed by atoms with Crippen molar-refractivity contribution < 1.29 is 14.3 Å². The maximum absolute atomic E-state index is 9.24. The van der Waals surface area contributed by atoms with Crippen LogP contribution in [0.2, 0.25) is 0 Å². The second kappa shape index (κ2) is 7.01. The summed E-state index contributed by atoms with van der Waals surface area (Å²) in [6.45, 7) is 8.26. The van der Waals surface area contributed by atoms with Gasteiger partial charge in [0.05, 0.1) is 31.4 Å². The van der Waals surface area contributed by atoms with Crippen LogP contribution in [0.1, 0.15) is 39.1 Å². The molecule has 0 spiro atoms. The van der Waals surface area contributed by atoms with Gasteiger partial charge in [0.25, 0.3) is 0 Å². The Kier molecular flexibility index (Phi) is 5.33. The van der Waals surface area contributed by atoms with Crippen molar-refractivity contribution in [1.82, 2.24) is 15.5 Å². The Hall–Kier alpha value is -1.18. The monoisotopic (exact) mass is 284 g/mol. The molecule has 1 aromatic rings. The van der Waals surface area contributed by atoms with E-state index in [0.29, 0.717) is 25.0 Å². The number of rotatable bonds is 6. The number of hydrogen-bond donors (Lipinski definition) is 2. The summed E-state index contributed by atoms with van der Waals surface area (Å²) < 4.78 is 11.3. The van der Waals surface area contributed by atoms with E-state index in [1.165, 1.54) is 0 Å². The van der Waals surface area contributed by atoms with E-state index in [2.05, 4.69) is 22.4 Å². The highest BCUT2D eigenvalue weighted by molar-refractivity contribution is 5.26. The molecular weight excluding hydrogens is 260 g/mol. The molecule has 0 bridgehead atoms. The fourth-order valence-electron chi connectivity index (χ4n) is 2.28. The van der Waals surface area contributed by atoms with E-state index in [1.807, 2.05) is 18.7 Å². The van der Waals surface area contributed by atoms with Crippen LogP contribution in [0, 0.1) is 0 Å². The average molecular weight is 284 g/mol. The van der Waals surface area contributed by atoms with Gasteiger partial charge < -0.3 is 24.5 Å². The third-order valence-corrected chi connectivity index (χ3v) is 3.30. The predicted octanol–water partition coefficient (Wildman–Crippen LogP) is 0.716. The molecule has 114 valence electrons. The molecule has 0 aromatic carbocycles. The quantitative estimate of drug-likeness (QED) is 0.796. The number of ether oxygens (including phenoxy) is 1. The van der Waals surface area contributed by atoms with Crippen molar-refractivity contribution in [3.8, 4) is 0 Å². The molecule has 20 heavy (non-hydrogen) atoms. The summed E-state index contributed by atoms with van der Waals surface area (Å²) in [5.41, 5.74) is 0. The molecule has 1 saturated heterocycles. The van der Waals surface area contributed by atoms with Gasteiger partial charge in [-0.1, -0.05) is 12.0 Å². The molecule has 0 saturated carbocycles. The summed E-state index contributed by atoms with van der Waals surface area (Å²) in [6.07, 6.45) is 0.890. The fraction of sp³-hybridized carbons (Fsp3) is 0.846. The average Bonchev–Trinajstić information content (AvgIpc) is 2.94. The molecule has 7 nitrogen and oxygen atoms in total. The third kappa shape index (κ3) is 3.68. The van der Waals surface area contributed by atoms with Crippen molar-refractivity contribution >= 4 is 6.01 Å². The Balaban J connectivity index is 2.00. The number of morpholine rings is 1. The van der Waals surface area contributed by atoms with Gasteiger partial charge in [0.2, 0.25) is 5.89 Å². The summed E-state index contributed by atoms with van der Waals surface area (Å²) in [5.74, 6) is 0.591. The lowest BCUT2D eigenvalue weighted by molar-refractivity contribution is -0.0433. The summed E-state index contributed by atoms with van der Waals surface area (Å²) in [6, 6.07) is 0.544. The Morgan fingerprint density at radius 2 is 2.25 bits per heavy atom. The van der Waals surface area contributed by atoms with Crippen LogP contribution in [-0.4, -0.2) is 53.8 Å². The molecular formula is C13H24N4O3. The van der Waals surface area contributed by atoms with Crippen LogP contribution in [0.15, 0.2) is 4.42 Å². The Bertz CT molecular complexity index is 412. The molecule has 1 aliphatic heterocycles. The van der Waals surface area contributed by atoms with Crippen molar-refractivity contribution in [2.75, 3.05) is 31.1 Å². The first-order valence-electron chi connectivity index (χ1n) is 7.22. The minimum Gasteiger partial charge on any atom is -0.406 e. The van der Waals surface area contributed by atoms with Crippen LogP contribution < -0.4 is 10.2 Å². The minimum absolute atomic E-state index is 0.00368. The van der Waals surface area contributed by atoms with Crippen molar-refractivity contribution in [2.24, 2.45) is 0 Å². The van der Waals surface area contributed by atoms with E-state index in [9.17, 15) is 5.11 Å². The SMILES string of the molecule is CCCNC(C)c1nnc(N2CC(C)OC(CO)C2)o1. The summed E-state index contributed by atoms with van der Waals surface area (Å²) in [5, 5.41) is 20.8. The second-order valence-electron chi connectivity index (χ2n) is 5.25. The van der Waals surface area contributed by atoms with Crippen LogP contribution in [0.25, 0.3) is 0 Å². The highest BCUT2D eigenvalue weighted by atomic mass is 16.5. The molecule has 2 N–H and O–H groups in total. The zero-order valence-electron chi connectivity index (χ0n) is 12.4. The van der Waals surface area contributed by atoms with Crippen LogP contribution in [0.5, 0.6) is 0 Å². The lowest BCUT2D eigenvalue weighted by Crippen LogP contribution is -2.48. The molecule has 0 amide bonds. The molecule has 1 aliphatic rings. The van der Waals surface area contributed by atoms with Gasteiger partial charge in [0.1, 0.15) is 0 Å². The number of aliphatic hydroxyl groups is 1. The van der Waals surface area contributed by atoms with Gasteiger partial charge in [-0.15, -0.1) is 5.10 Å². The number of aromatic nitrogens is 2. The lowest BCUT2D eigenvalue weighted by Gasteiger charge is -2.34. The zero-order chi connectivity index (χ0) is 14.5. The van der Waals surface area contributed by atoms with E-state index >= 15 is 0 Å². The Morgan fingerprint density at radius 3 is 2.95 bits per heavy atom. The van der Waals surface area contributed by atoms with E-state index < -0.39 is 0 Å². The van der Waals surface area contributed by atoms with Gasteiger partial charge in [-0.3, -0.25) is 0 Å². The largest absolute Gasteiger partial charge is 0.406 e. The normalized spacial score (nSPS) is 24.9. The van der Waals surface area contributed by atoms with Crippen LogP contribution in [0.3, 0.4) is 0 Å². The maximum Gasteiger partial charge on any atom is 0.318 e. The van der Waals surface area contributed by atoms with Gasteiger partial charge in [0.15, 0.2) is 0 Å².